The number of rotatable bonds is 4. The third-order valence-electron chi connectivity index (χ3n) is 3.33. The van der Waals surface area contributed by atoms with Gasteiger partial charge in [0.15, 0.2) is 6.10 Å². The monoisotopic (exact) mass is 272 g/mol. The average Bonchev–Trinajstić information content (AvgIpc) is 3.16. The Morgan fingerprint density at radius 3 is 2.80 bits per heavy atom. The molecule has 1 aromatic rings. The predicted octanol–water partition coefficient (Wildman–Crippen LogP) is 2.08. The fourth-order valence-corrected chi connectivity index (χ4v) is 1.88. The number of ether oxygens (including phenoxy) is 1. The first-order chi connectivity index (χ1) is 9.51. The van der Waals surface area contributed by atoms with E-state index in [-0.39, 0.29) is 11.9 Å². The third kappa shape index (κ3) is 3.35. The van der Waals surface area contributed by atoms with Crippen molar-refractivity contribution in [1.29, 1.82) is 5.26 Å². The Balaban J connectivity index is 1.90. The number of anilines is 1. The van der Waals surface area contributed by atoms with Crippen molar-refractivity contribution >= 4 is 17.6 Å². The molecular weight excluding hydrogens is 256 g/mol. The summed E-state index contributed by atoms with van der Waals surface area (Å²) in [4.78, 5) is 23.5. The van der Waals surface area contributed by atoms with Crippen LogP contribution in [0.25, 0.3) is 0 Å². The van der Waals surface area contributed by atoms with Gasteiger partial charge < -0.3 is 10.1 Å². The summed E-state index contributed by atoms with van der Waals surface area (Å²) in [5.74, 6) is -0.426. The van der Waals surface area contributed by atoms with Crippen molar-refractivity contribution < 1.29 is 14.3 Å². The average molecular weight is 272 g/mol. The van der Waals surface area contributed by atoms with Crippen LogP contribution in [0.4, 0.5) is 5.69 Å². The van der Waals surface area contributed by atoms with Gasteiger partial charge in [0.05, 0.1) is 17.6 Å². The summed E-state index contributed by atoms with van der Waals surface area (Å²) < 4.78 is 5.12. The van der Waals surface area contributed by atoms with Gasteiger partial charge in [0.2, 0.25) is 0 Å². The molecule has 2 rings (SSSR count). The first kappa shape index (κ1) is 14.1. The molecule has 0 heterocycles. The van der Waals surface area contributed by atoms with Gasteiger partial charge in [-0.3, -0.25) is 9.59 Å². The lowest BCUT2D eigenvalue weighted by molar-refractivity contribution is -0.154. The van der Waals surface area contributed by atoms with Crippen LogP contribution in [-0.2, 0) is 14.3 Å². The topological polar surface area (TPSA) is 79.2 Å². The number of hydrogen-bond donors (Lipinski definition) is 1. The maximum Gasteiger partial charge on any atom is 0.309 e. The van der Waals surface area contributed by atoms with Gasteiger partial charge in [-0.2, -0.15) is 5.26 Å². The highest BCUT2D eigenvalue weighted by molar-refractivity contribution is 5.95. The van der Waals surface area contributed by atoms with Crippen molar-refractivity contribution in [2.75, 3.05) is 5.32 Å². The highest BCUT2D eigenvalue weighted by Crippen LogP contribution is 2.38. The normalized spacial score (nSPS) is 21.4. The van der Waals surface area contributed by atoms with E-state index >= 15 is 0 Å². The largest absolute Gasteiger partial charge is 0.452 e. The van der Waals surface area contributed by atoms with Crippen molar-refractivity contribution in [2.24, 2.45) is 11.8 Å². The summed E-state index contributed by atoms with van der Waals surface area (Å²) in [5.41, 5.74) is 0.969. The number of esters is 1. The number of nitrogens with one attached hydrogen (secondary N) is 1. The maximum atomic E-state index is 11.9. The van der Waals surface area contributed by atoms with E-state index in [1.807, 2.05) is 13.0 Å². The van der Waals surface area contributed by atoms with Gasteiger partial charge in [-0.1, -0.05) is 13.0 Å². The summed E-state index contributed by atoms with van der Waals surface area (Å²) in [6.07, 6.45) is -0.0155. The van der Waals surface area contributed by atoms with Crippen LogP contribution < -0.4 is 5.32 Å². The SMILES string of the molecule is C[C@H](OC(=O)[C@@H]1C[C@@H]1C)C(=O)Nc1cccc(C#N)c1. The van der Waals surface area contributed by atoms with Crippen LogP contribution in [0.15, 0.2) is 24.3 Å². The first-order valence-corrected chi connectivity index (χ1v) is 6.52. The van der Waals surface area contributed by atoms with Crippen LogP contribution in [0.5, 0.6) is 0 Å². The Morgan fingerprint density at radius 2 is 2.20 bits per heavy atom. The van der Waals surface area contributed by atoms with Gasteiger partial charge in [-0.15, -0.1) is 0 Å². The van der Waals surface area contributed by atoms with Gasteiger partial charge in [-0.25, -0.2) is 0 Å². The molecule has 0 bridgehead atoms. The molecule has 20 heavy (non-hydrogen) atoms. The molecule has 1 amide bonds. The molecule has 1 N–H and O–H groups in total. The van der Waals surface area contributed by atoms with Crippen LogP contribution in [-0.4, -0.2) is 18.0 Å². The Bertz CT molecular complexity index is 577. The van der Waals surface area contributed by atoms with E-state index in [0.29, 0.717) is 17.2 Å². The molecule has 1 aliphatic rings. The number of carbonyl (C=O) groups excluding carboxylic acids is 2. The molecule has 0 unspecified atom stereocenters. The van der Waals surface area contributed by atoms with Crippen LogP contribution in [0, 0.1) is 23.2 Å². The molecule has 1 saturated carbocycles. The van der Waals surface area contributed by atoms with Crippen LogP contribution >= 0.6 is 0 Å². The second-order valence-corrected chi connectivity index (χ2v) is 5.08. The molecule has 1 aromatic carbocycles. The molecule has 0 spiro atoms. The van der Waals surface area contributed by atoms with Crippen LogP contribution in [0.3, 0.4) is 0 Å². The maximum absolute atomic E-state index is 11.9. The zero-order valence-electron chi connectivity index (χ0n) is 11.4. The molecular formula is C15H16N2O3. The predicted molar refractivity (Wildman–Crippen MR) is 72.6 cm³/mol. The quantitative estimate of drug-likeness (QED) is 0.851. The molecule has 3 atom stereocenters. The number of nitriles is 1. The van der Waals surface area contributed by atoms with Gasteiger partial charge in [0.25, 0.3) is 5.91 Å². The molecule has 104 valence electrons. The summed E-state index contributed by atoms with van der Waals surface area (Å²) in [7, 11) is 0. The fourth-order valence-electron chi connectivity index (χ4n) is 1.88. The van der Waals surface area contributed by atoms with Crippen molar-refractivity contribution in [3.63, 3.8) is 0 Å². The molecule has 1 aliphatic carbocycles. The van der Waals surface area contributed by atoms with E-state index < -0.39 is 12.0 Å². The molecule has 5 heteroatoms. The second kappa shape index (κ2) is 5.74. The zero-order valence-corrected chi connectivity index (χ0v) is 11.4. The van der Waals surface area contributed by atoms with Crippen LogP contribution in [0.1, 0.15) is 25.8 Å². The molecule has 0 aromatic heterocycles. The third-order valence-corrected chi connectivity index (χ3v) is 3.33. The standard InChI is InChI=1S/C15H16N2O3/c1-9-6-13(9)15(19)20-10(2)14(18)17-12-5-3-4-11(7-12)8-16/h3-5,7,9-10,13H,6H2,1-2H3,(H,17,18)/t9-,10-,13+/m0/s1. The minimum Gasteiger partial charge on any atom is -0.452 e. The Morgan fingerprint density at radius 1 is 1.50 bits per heavy atom. The van der Waals surface area contributed by atoms with Crippen molar-refractivity contribution in [3.05, 3.63) is 29.8 Å². The zero-order chi connectivity index (χ0) is 14.7. The Kier molecular flexibility index (Phi) is 4.04. The highest BCUT2D eigenvalue weighted by atomic mass is 16.5. The minimum atomic E-state index is -0.846. The summed E-state index contributed by atoms with van der Waals surface area (Å²) in [6, 6.07) is 8.56. The van der Waals surface area contributed by atoms with Crippen LogP contribution in [0.2, 0.25) is 0 Å². The summed E-state index contributed by atoms with van der Waals surface area (Å²) >= 11 is 0. The Hall–Kier alpha value is -2.35. The van der Waals surface area contributed by atoms with E-state index in [1.165, 1.54) is 6.92 Å². The molecule has 1 fully saturated rings. The minimum absolute atomic E-state index is 0.0628. The summed E-state index contributed by atoms with van der Waals surface area (Å²) in [5, 5.41) is 11.4. The fraction of sp³-hybridized carbons (Fsp3) is 0.400. The number of amides is 1. The van der Waals surface area contributed by atoms with E-state index in [0.717, 1.165) is 6.42 Å². The van der Waals surface area contributed by atoms with Crippen molar-refractivity contribution in [1.82, 2.24) is 0 Å². The lowest BCUT2D eigenvalue weighted by atomic mass is 10.2. The number of hydrogen-bond acceptors (Lipinski definition) is 4. The highest BCUT2D eigenvalue weighted by Gasteiger charge is 2.41. The van der Waals surface area contributed by atoms with E-state index in [9.17, 15) is 9.59 Å². The molecule has 5 nitrogen and oxygen atoms in total. The lowest BCUT2D eigenvalue weighted by Gasteiger charge is -2.13. The molecule has 0 saturated heterocycles. The summed E-state index contributed by atoms with van der Waals surface area (Å²) in [6.45, 7) is 3.51. The first-order valence-electron chi connectivity index (χ1n) is 6.52. The van der Waals surface area contributed by atoms with E-state index in [4.69, 9.17) is 10.00 Å². The van der Waals surface area contributed by atoms with Gasteiger partial charge >= 0.3 is 5.97 Å². The number of benzene rings is 1. The second-order valence-electron chi connectivity index (χ2n) is 5.08. The smallest absolute Gasteiger partial charge is 0.309 e. The lowest BCUT2D eigenvalue weighted by Crippen LogP contribution is -2.30. The molecule has 0 radical (unpaired) electrons. The van der Waals surface area contributed by atoms with E-state index in [2.05, 4.69) is 5.32 Å². The Labute approximate surface area is 117 Å². The van der Waals surface area contributed by atoms with Gasteiger partial charge in [0.1, 0.15) is 0 Å². The van der Waals surface area contributed by atoms with Gasteiger partial charge in [0, 0.05) is 5.69 Å². The number of nitrogens with zero attached hydrogens (tertiary/aromatic N) is 1. The van der Waals surface area contributed by atoms with Gasteiger partial charge in [-0.05, 0) is 37.5 Å². The molecule has 0 aliphatic heterocycles. The number of carbonyl (C=O) groups is 2. The van der Waals surface area contributed by atoms with Crippen molar-refractivity contribution in [2.45, 2.75) is 26.4 Å². The van der Waals surface area contributed by atoms with E-state index in [1.54, 1.807) is 24.3 Å². The van der Waals surface area contributed by atoms with Crippen molar-refractivity contribution in [3.8, 4) is 6.07 Å².